The predicted octanol–water partition coefficient (Wildman–Crippen LogP) is 3.85. The van der Waals surface area contributed by atoms with Crippen molar-refractivity contribution in [2.24, 2.45) is 0 Å². The smallest absolute Gasteiger partial charge is 0.0645 e. The highest BCUT2D eigenvalue weighted by atomic mass is 15.3. The van der Waals surface area contributed by atoms with Crippen molar-refractivity contribution in [1.29, 1.82) is 0 Å². The van der Waals surface area contributed by atoms with E-state index in [0.717, 1.165) is 11.3 Å². The minimum Gasteiger partial charge on any atom is -0.240 e. The SMILES string of the molecule is Cc1ccc(-c2cnn(-c3ccccc3)c2)cc1. The van der Waals surface area contributed by atoms with Gasteiger partial charge in [0.1, 0.15) is 0 Å². The zero-order valence-electron chi connectivity index (χ0n) is 10.2. The highest BCUT2D eigenvalue weighted by Crippen LogP contribution is 2.20. The topological polar surface area (TPSA) is 17.8 Å². The van der Waals surface area contributed by atoms with Crippen molar-refractivity contribution in [3.05, 3.63) is 72.6 Å². The fraction of sp³-hybridized carbons (Fsp3) is 0.0625. The summed E-state index contributed by atoms with van der Waals surface area (Å²) < 4.78 is 1.90. The molecule has 1 aromatic heterocycles. The van der Waals surface area contributed by atoms with Gasteiger partial charge in [0.25, 0.3) is 0 Å². The van der Waals surface area contributed by atoms with Gasteiger partial charge < -0.3 is 0 Å². The van der Waals surface area contributed by atoms with Crippen LogP contribution >= 0.6 is 0 Å². The van der Waals surface area contributed by atoms with Gasteiger partial charge in [-0.15, -0.1) is 0 Å². The average Bonchev–Trinajstić information content (AvgIpc) is 2.90. The Kier molecular flexibility index (Phi) is 2.69. The van der Waals surface area contributed by atoms with Gasteiger partial charge in [0.2, 0.25) is 0 Å². The molecule has 0 N–H and O–H groups in total. The summed E-state index contributed by atoms with van der Waals surface area (Å²) in [6, 6.07) is 18.6. The van der Waals surface area contributed by atoms with Crippen molar-refractivity contribution in [2.45, 2.75) is 6.92 Å². The van der Waals surface area contributed by atoms with Crippen LogP contribution in [0.5, 0.6) is 0 Å². The van der Waals surface area contributed by atoms with Gasteiger partial charge in [0.05, 0.1) is 11.9 Å². The Morgan fingerprint density at radius 2 is 1.56 bits per heavy atom. The van der Waals surface area contributed by atoms with Crippen molar-refractivity contribution >= 4 is 0 Å². The van der Waals surface area contributed by atoms with E-state index in [0.29, 0.717) is 0 Å². The van der Waals surface area contributed by atoms with Crippen LogP contribution in [0.4, 0.5) is 0 Å². The fourth-order valence-corrected chi connectivity index (χ4v) is 1.94. The van der Waals surface area contributed by atoms with Crippen LogP contribution in [0.2, 0.25) is 0 Å². The number of aromatic nitrogens is 2. The second-order valence-corrected chi connectivity index (χ2v) is 4.38. The molecule has 0 radical (unpaired) electrons. The lowest BCUT2D eigenvalue weighted by atomic mass is 10.1. The molecule has 0 saturated carbocycles. The summed E-state index contributed by atoms with van der Waals surface area (Å²) in [4.78, 5) is 0. The normalized spacial score (nSPS) is 10.5. The standard InChI is InChI=1S/C16H14N2/c1-13-7-9-14(10-8-13)15-11-17-18(12-15)16-5-3-2-4-6-16/h2-12H,1H3. The fourth-order valence-electron chi connectivity index (χ4n) is 1.94. The van der Waals surface area contributed by atoms with Crippen LogP contribution in [0.25, 0.3) is 16.8 Å². The van der Waals surface area contributed by atoms with Crippen LogP contribution in [0.15, 0.2) is 67.0 Å². The third kappa shape index (κ3) is 2.05. The van der Waals surface area contributed by atoms with E-state index in [1.165, 1.54) is 11.1 Å². The molecule has 88 valence electrons. The van der Waals surface area contributed by atoms with E-state index in [9.17, 15) is 0 Å². The molecule has 0 unspecified atom stereocenters. The summed E-state index contributed by atoms with van der Waals surface area (Å²) in [6.07, 6.45) is 3.96. The van der Waals surface area contributed by atoms with E-state index in [2.05, 4.69) is 42.5 Å². The third-order valence-corrected chi connectivity index (χ3v) is 2.99. The van der Waals surface area contributed by atoms with E-state index >= 15 is 0 Å². The molecule has 0 aliphatic heterocycles. The summed E-state index contributed by atoms with van der Waals surface area (Å²) >= 11 is 0. The van der Waals surface area contributed by atoms with Crippen molar-refractivity contribution < 1.29 is 0 Å². The summed E-state index contributed by atoms with van der Waals surface area (Å²) in [5.74, 6) is 0. The minimum absolute atomic E-state index is 1.08. The zero-order valence-corrected chi connectivity index (χ0v) is 10.2. The molecule has 3 aromatic rings. The Labute approximate surface area is 107 Å². The molecule has 0 amide bonds. The molecule has 0 fully saturated rings. The van der Waals surface area contributed by atoms with Crippen molar-refractivity contribution in [3.8, 4) is 16.8 Å². The monoisotopic (exact) mass is 234 g/mol. The Balaban J connectivity index is 1.97. The highest BCUT2D eigenvalue weighted by molar-refractivity contribution is 5.62. The number of hydrogen-bond acceptors (Lipinski definition) is 1. The summed E-state index contributed by atoms with van der Waals surface area (Å²) in [5.41, 5.74) is 4.69. The molecular weight excluding hydrogens is 220 g/mol. The van der Waals surface area contributed by atoms with Gasteiger partial charge in [-0.25, -0.2) is 4.68 Å². The molecule has 2 aromatic carbocycles. The largest absolute Gasteiger partial charge is 0.240 e. The summed E-state index contributed by atoms with van der Waals surface area (Å²) in [6.45, 7) is 2.09. The minimum atomic E-state index is 1.08. The summed E-state index contributed by atoms with van der Waals surface area (Å²) in [7, 11) is 0. The first-order valence-electron chi connectivity index (χ1n) is 6.00. The van der Waals surface area contributed by atoms with E-state index < -0.39 is 0 Å². The van der Waals surface area contributed by atoms with Gasteiger partial charge in [-0.05, 0) is 24.6 Å². The van der Waals surface area contributed by atoms with Crippen LogP contribution in [0.3, 0.4) is 0 Å². The van der Waals surface area contributed by atoms with Gasteiger partial charge in [-0.2, -0.15) is 5.10 Å². The molecule has 0 saturated heterocycles. The van der Waals surface area contributed by atoms with Gasteiger partial charge >= 0.3 is 0 Å². The molecule has 0 aliphatic rings. The number of hydrogen-bond donors (Lipinski definition) is 0. The lowest BCUT2D eigenvalue weighted by Gasteiger charge is -2.00. The Bertz CT molecular complexity index is 636. The first-order chi connectivity index (χ1) is 8.83. The van der Waals surface area contributed by atoms with E-state index in [1.54, 1.807) is 0 Å². The molecule has 18 heavy (non-hydrogen) atoms. The van der Waals surface area contributed by atoms with Crippen LogP contribution < -0.4 is 0 Å². The molecule has 0 bridgehead atoms. The quantitative estimate of drug-likeness (QED) is 0.658. The molecule has 2 nitrogen and oxygen atoms in total. The Hall–Kier alpha value is -2.35. The molecule has 0 aliphatic carbocycles. The number of rotatable bonds is 2. The number of benzene rings is 2. The second kappa shape index (κ2) is 4.49. The zero-order chi connectivity index (χ0) is 12.4. The maximum atomic E-state index is 4.40. The van der Waals surface area contributed by atoms with E-state index in [-0.39, 0.29) is 0 Å². The maximum absolute atomic E-state index is 4.40. The number of nitrogens with zero attached hydrogens (tertiary/aromatic N) is 2. The average molecular weight is 234 g/mol. The van der Waals surface area contributed by atoms with Crippen LogP contribution in [-0.2, 0) is 0 Å². The number of aryl methyl sites for hydroxylation is 1. The Morgan fingerprint density at radius 3 is 2.28 bits per heavy atom. The lowest BCUT2D eigenvalue weighted by molar-refractivity contribution is 0.881. The molecule has 1 heterocycles. The molecular formula is C16H14N2. The highest BCUT2D eigenvalue weighted by Gasteiger charge is 2.02. The third-order valence-electron chi connectivity index (χ3n) is 2.99. The first kappa shape index (κ1) is 10.8. The first-order valence-corrected chi connectivity index (χ1v) is 6.00. The van der Waals surface area contributed by atoms with Crippen molar-refractivity contribution in [1.82, 2.24) is 9.78 Å². The van der Waals surface area contributed by atoms with E-state index in [4.69, 9.17) is 0 Å². The maximum Gasteiger partial charge on any atom is 0.0645 e. The molecule has 0 atom stereocenters. The van der Waals surface area contributed by atoms with Crippen molar-refractivity contribution in [2.75, 3.05) is 0 Å². The lowest BCUT2D eigenvalue weighted by Crippen LogP contribution is -1.92. The van der Waals surface area contributed by atoms with Gasteiger partial charge in [-0.3, -0.25) is 0 Å². The van der Waals surface area contributed by atoms with Crippen LogP contribution in [-0.4, -0.2) is 9.78 Å². The van der Waals surface area contributed by atoms with Crippen LogP contribution in [0.1, 0.15) is 5.56 Å². The van der Waals surface area contributed by atoms with E-state index in [1.807, 2.05) is 41.2 Å². The molecule has 0 spiro atoms. The second-order valence-electron chi connectivity index (χ2n) is 4.38. The van der Waals surface area contributed by atoms with Gasteiger partial charge in [-0.1, -0.05) is 48.0 Å². The Morgan fingerprint density at radius 1 is 0.833 bits per heavy atom. The molecule has 3 rings (SSSR count). The van der Waals surface area contributed by atoms with Gasteiger partial charge in [0, 0.05) is 11.8 Å². The van der Waals surface area contributed by atoms with Crippen molar-refractivity contribution in [3.63, 3.8) is 0 Å². The van der Waals surface area contributed by atoms with Crippen LogP contribution in [0, 0.1) is 6.92 Å². The molecule has 2 heteroatoms. The summed E-state index contributed by atoms with van der Waals surface area (Å²) in [5, 5.41) is 4.40. The number of para-hydroxylation sites is 1. The van der Waals surface area contributed by atoms with Gasteiger partial charge in [0.15, 0.2) is 0 Å². The predicted molar refractivity (Wildman–Crippen MR) is 73.7 cm³/mol.